The SMILES string of the molecule is CC.CC.CCC1(C)C=CC(c2ccc(OCCOCC(C)=O)cc2)=CN=C1. The number of ether oxygens (including phenoxy) is 2. The maximum absolute atomic E-state index is 10.8. The van der Waals surface area contributed by atoms with E-state index in [1.807, 2.05) is 64.4 Å². The van der Waals surface area contributed by atoms with Crippen LogP contribution in [0.1, 0.15) is 60.5 Å². The van der Waals surface area contributed by atoms with Crippen molar-refractivity contribution in [3.05, 3.63) is 48.2 Å². The molecule has 4 nitrogen and oxygen atoms in total. The number of carbonyl (C=O) groups is 1. The molecule has 2 rings (SSSR count). The summed E-state index contributed by atoms with van der Waals surface area (Å²) in [5, 5.41) is 0. The van der Waals surface area contributed by atoms with Gasteiger partial charge in [0.2, 0.25) is 0 Å². The van der Waals surface area contributed by atoms with Gasteiger partial charge >= 0.3 is 0 Å². The Bertz CT molecular complexity index is 644. The van der Waals surface area contributed by atoms with Crippen LogP contribution >= 0.6 is 0 Å². The van der Waals surface area contributed by atoms with Gasteiger partial charge in [0, 0.05) is 17.8 Å². The van der Waals surface area contributed by atoms with Gasteiger partial charge in [-0.1, -0.05) is 65.8 Å². The molecule has 0 amide bonds. The molecule has 28 heavy (non-hydrogen) atoms. The van der Waals surface area contributed by atoms with E-state index in [-0.39, 0.29) is 17.8 Å². The number of hydrogen-bond donors (Lipinski definition) is 0. The van der Waals surface area contributed by atoms with E-state index in [0.717, 1.165) is 23.3 Å². The average molecular weight is 388 g/mol. The van der Waals surface area contributed by atoms with E-state index in [1.165, 1.54) is 6.92 Å². The molecule has 1 aliphatic heterocycles. The first kappa shape index (κ1) is 25.8. The van der Waals surface area contributed by atoms with Gasteiger partial charge in [0.15, 0.2) is 5.78 Å². The van der Waals surface area contributed by atoms with Gasteiger partial charge in [0.25, 0.3) is 0 Å². The number of rotatable bonds is 8. The number of nitrogens with zero attached hydrogens (tertiary/aromatic N) is 1. The zero-order valence-corrected chi connectivity index (χ0v) is 18.6. The fraction of sp³-hybridized carbons (Fsp3) is 0.500. The first-order valence-corrected chi connectivity index (χ1v) is 10.3. The van der Waals surface area contributed by atoms with Gasteiger partial charge in [0.05, 0.1) is 6.61 Å². The molecular weight excluding hydrogens is 350 g/mol. The van der Waals surface area contributed by atoms with E-state index in [9.17, 15) is 4.79 Å². The Labute approximate surface area is 171 Å². The normalized spacial score (nSPS) is 17.3. The van der Waals surface area contributed by atoms with Crippen LogP contribution in [0, 0.1) is 5.41 Å². The maximum atomic E-state index is 10.8. The van der Waals surface area contributed by atoms with E-state index in [4.69, 9.17) is 9.47 Å². The third kappa shape index (κ3) is 9.65. The van der Waals surface area contributed by atoms with E-state index >= 15 is 0 Å². The van der Waals surface area contributed by atoms with Gasteiger partial charge < -0.3 is 9.47 Å². The molecule has 1 unspecified atom stereocenters. The highest BCUT2D eigenvalue weighted by atomic mass is 16.5. The zero-order chi connectivity index (χ0) is 21.4. The summed E-state index contributed by atoms with van der Waals surface area (Å²) < 4.78 is 10.8. The number of ketones is 1. The highest BCUT2D eigenvalue weighted by molar-refractivity contribution is 5.80. The first-order chi connectivity index (χ1) is 13.5. The van der Waals surface area contributed by atoms with Crippen LogP contribution in [0.3, 0.4) is 0 Å². The molecule has 0 N–H and O–H groups in total. The molecule has 0 aliphatic carbocycles. The number of carbonyl (C=O) groups excluding carboxylic acids is 1. The molecule has 1 aromatic rings. The Morgan fingerprint density at radius 1 is 1.07 bits per heavy atom. The molecule has 4 heteroatoms. The van der Waals surface area contributed by atoms with Crippen molar-refractivity contribution in [2.24, 2.45) is 10.4 Å². The van der Waals surface area contributed by atoms with Crippen molar-refractivity contribution in [2.45, 2.75) is 54.9 Å². The Hall–Kier alpha value is -2.20. The second kappa shape index (κ2) is 14.8. The summed E-state index contributed by atoms with van der Waals surface area (Å²) in [7, 11) is 0. The van der Waals surface area contributed by atoms with Crippen molar-refractivity contribution in [3.8, 4) is 5.75 Å². The molecule has 156 valence electrons. The summed E-state index contributed by atoms with van der Waals surface area (Å²) in [6.45, 7) is 14.8. The molecular formula is C24H37NO3. The number of aliphatic imine (C=N–C) groups is 1. The Morgan fingerprint density at radius 2 is 1.71 bits per heavy atom. The van der Waals surface area contributed by atoms with E-state index < -0.39 is 0 Å². The molecule has 0 fully saturated rings. The fourth-order valence-electron chi connectivity index (χ4n) is 2.21. The Morgan fingerprint density at radius 3 is 2.29 bits per heavy atom. The molecule has 1 aromatic carbocycles. The van der Waals surface area contributed by atoms with Gasteiger partial charge in [-0.3, -0.25) is 9.79 Å². The molecule has 1 heterocycles. The zero-order valence-electron chi connectivity index (χ0n) is 18.6. The number of hydrogen-bond acceptors (Lipinski definition) is 4. The highest BCUT2D eigenvalue weighted by Gasteiger charge is 2.16. The summed E-state index contributed by atoms with van der Waals surface area (Å²) >= 11 is 0. The summed E-state index contributed by atoms with van der Waals surface area (Å²) in [4.78, 5) is 15.2. The Balaban J connectivity index is 0.00000171. The highest BCUT2D eigenvalue weighted by Crippen LogP contribution is 2.27. The van der Waals surface area contributed by atoms with Crippen LogP contribution in [0.15, 0.2) is 47.6 Å². The molecule has 1 aliphatic rings. The molecule has 0 spiro atoms. The monoisotopic (exact) mass is 387 g/mol. The standard InChI is InChI=1S/C20H25NO3.2C2H6/c1-4-20(3)10-9-18(13-21-15-20)17-5-7-19(8-6-17)24-12-11-23-14-16(2)22;2*1-2/h5-10,13,15H,4,11-12,14H2,1-3H3;2*1-2H3. The first-order valence-electron chi connectivity index (χ1n) is 10.3. The second-order valence-electron chi connectivity index (χ2n) is 6.18. The molecule has 0 bridgehead atoms. The van der Waals surface area contributed by atoms with Gasteiger partial charge in [-0.05, 0) is 36.6 Å². The Kier molecular flexibility index (Phi) is 13.6. The number of allylic oxidation sites excluding steroid dienone is 3. The van der Waals surface area contributed by atoms with E-state index in [1.54, 1.807) is 0 Å². The van der Waals surface area contributed by atoms with E-state index in [0.29, 0.717) is 13.2 Å². The maximum Gasteiger partial charge on any atom is 0.155 e. The molecule has 0 aromatic heterocycles. The van der Waals surface area contributed by atoms with Gasteiger partial charge in [-0.25, -0.2) is 0 Å². The third-order valence-electron chi connectivity index (χ3n) is 3.98. The van der Waals surface area contributed by atoms with Crippen molar-refractivity contribution >= 4 is 17.6 Å². The van der Waals surface area contributed by atoms with Crippen molar-refractivity contribution in [2.75, 3.05) is 19.8 Å². The number of Topliss-reactive ketones (excluding diaryl/α,β-unsaturated/α-hetero) is 1. The van der Waals surface area contributed by atoms with Crippen molar-refractivity contribution in [3.63, 3.8) is 0 Å². The summed E-state index contributed by atoms with van der Waals surface area (Å²) in [6.07, 6.45) is 9.23. The van der Waals surface area contributed by atoms with Crippen LogP contribution in [0.5, 0.6) is 5.75 Å². The smallest absolute Gasteiger partial charge is 0.155 e. The lowest BCUT2D eigenvalue weighted by atomic mass is 9.88. The van der Waals surface area contributed by atoms with E-state index in [2.05, 4.69) is 31.0 Å². The van der Waals surface area contributed by atoms with Gasteiger partial charge in [0.1, 0.15) is 19.0 Å². The molecule has 0 saturated heterocycles. The average Bonchev–Trinajstić information content (AvgIpc) is 2.93. The lowest BCUT2D eigenvalue weighted by Gasteiger charge is -2.16. The minimum Gasteiger partial charge on any atom is -0.491 e. The second-order valence-corrected chi connectivity index (χ2v) is 6.18. The predicted molar refractivity (Wildman–Crippen MR) is 120 cm³/mol. The van der Waals surface area contributed by atoms with Crippen LogP contribution in [-0.2, 0) is 9.53 Å². The summed E-state index contributed by atoms with van der Waals surface area (Å²) in [6, 6.07) is 7.91. The molecule has 0 radical (unpaired) electrons. The minimum atomic E-state index is 0.0151. The van der Waals surface area contributed by atoms with Crippen molar-refractivity contribution < 1.29 is 14.3 Å². The third-order valence-corrected chi connectivity index (χ3v) is 3.98. The summed E-state index contributed by atoms with van der Waals surface area (Å²) in [5.74, 6) is 0.802. The topological polar surface area (TPSA) is 47.9 Å². The van der Waals surface area contributed by atoms with Gasteiger partial charge in [-0.15, -0.1) is 0 Å². The van der Waals surface area contributed by atoms with Crippen LogP contribution in [0.25, 0.3) is 5.57 Å². The number of benzene rings is 1. The molecule has 1 atom stereocenters. The fourth-order valence-corrected chi connectivity index (χ4v) is 2.21. The van der Waals surface area contributed by atoms with Crippen molar-refractivity contribution in [1.29, 1.82) is 0 Å². The lowest BCUT2D eigenvalue weighted by Crippen LogP contribution is -2.12. The largest absolute Gasteiger partial charge is 0.491 e. The molecule has 0 saturated carbocycles. The predicted octanol–water partition coefficient (Wildman–Crippen LogP) is 6.12. The van der Waals surface area contributed by atoms with Crippen LogP contribution in [0.2, 0.25) is 0 Å². The van der Waals surface area contributed by atoms with Crippen LogP contribution in [-0.4, -0.2) is 31.8 Å². The minimum absolute atomic E-state index is 0.0151. The van der Waals surface area contributed by atoms with Crippen LogP contribution < -0.4 is 4.74 Å². The lowest BCUT2D eigenvalue weighted by molar-refractivity contribution is -0.121. The quantitative estimate of drug-likeness (QED) is 0.505. The van der Waals surface area contributed by atoms with Crippen LogP contribution in [0.4, 0.5) is 0 Å². The van der Waals surface area contributed by atoms with Gasteiger partial charge in [-0.2, -0.15) is 0 Å². The van der Waals surface area contributed by atoms with Crippen molar-refractivity contribution in [1.82, 2.24) is 0 Å². The summed E-state index contributed by atoms with van der Waals surface area (Å²) in [5.41, 5.74) is 2.20.